The van der Waals surface area contributed by atoms with Gasteiger partial charge in [0.25, 0.3) is 5.91 Å². The van der Waals surface area contributed by atoms with E-state index < -0.39 is 18.6 Å². The lowest BCUT2D eigenvalue weighted by atomic mass is 10.1. The maximum atomic E-state index is 12.3. The number of ether oxygens (including phenoxy) is 1. The first-order valence-corrected chi connectivity index (χ1v) is 9.00. The second-order valence-corrected chi connectivity index (χ2v) is 6.58. The number of carbonyl (C=O) groups excluding carboxylic acids is 1. The van der Waals surface area contributed by atoms with Crippen LogP contribution in [0, 0.1) is 0 Å². The molecule has 0 aliphatic carbocycles. The Morgan fingerprint density at radius 3 is 2.67 bits per heavy atom. The smallest absolute Gasteiger partial charge is 0.405 e. The Bertz CT molecular complexity index is 1210. The Balaban J connectivity index is 1.65. The number of amides is 1. The Kier molecular flexibility index (Phi) is 4.94. The van der Waals surface area contributed by atoms with Crippen molar-refractivity contribution in [2.45, 2.75) is 6.18 Å². The molecule has 0 aliphatic heterocycles. The zero-order valence-corrected chi connectivity index (χ0v) is 15.8. The van der Waals surface area contributed by atoms with Crippen LogP contribution >= 0.6 is 0 Å². The van der Waals surface area contributed by atoms with Crippen molar-refractivity contribution >= 4 is 11.4 Å². The van der Waals surface area contributed by atoms with E-state index in [4.69, 9.17) is 4.74 Å². The molecular formula is C21H17F3N4O2. The number of rotatable bonds is 5. The average Bonchev–Trinajstić information content (AvgIpc) is 3.38. The van der Waals surface area contributed by atoms with Gasteiger partial charge in [-0.2, -0.15) is 18.3 Å². The lowest BCUT2D eigenvalue weighted by Crippen LogP contribution is -2.34. The maximum Gasteiger partial charge on any atom is 0.405 e. The standard InChI is InChI=1S/C21H17F3N4O2/c1-30-17-4-2-3-14(11-17)15-5-6-16-7-8-19(27(16)12-15)28-10-9-18(26-28)20(29)25-13-21(22,23)24/h2-12H,13H2,1H3,(H,25,29). The summed E-state index contributed by atoms with van der Waals surface area (Å²) >= 11 is 0. The number of halogens is 3. The summed E-state index contributed by atoms with van der Waals surface area (Å²) < 4.78 is 45.5. The van der Waals surface area contributed by atoms with Gasteiger partial charge in [-0.3, -0.25) is 4.79 Å². The summed E-state index contributed by atoms with van der Waals surface area (Å²) in [7, 11) is 1.60. The molecule has 3 heterocycles. The molecule has 9 heteroatoms. The fourth-order valence-electron chi connectivity index (χ4n) is 3.09. The van der Waals surface area contributed by atoms with Crippen molar-refractivity contribution in [1.29, 1.82) is 0 Å². The van der Waals surface area contributed by atoms with Crippen LogP contribution in [0.4, 0.5) is 13.2 Å². The number of benzene rings is 1. The van der Waals surface area contributed by atoms with E-state index in [0.717, 1.165) is 22.4 Å². The van der Waals surface area contributed by atoms with Crippen molar-refractivity contribution in [3.63, 3.8) is 0 Å². The predicted molar refractivity (Wildman–Crippen MR) is 105 cm³/mol. The van der Waals surface area contributed by atoms with Crippen molar-refractivity contribution in [3.05, 3.63) is 72.7 Å². The van der Waals surface area contributed by atoms with Crippen LogP contribution in [-0.4, -0.2) is 39.9 Å². The topological polar surface area (TPSA) is 60.6 Å². The number of hydrogen-bond acceptors (Lipinski definition) is 3. The van der Waals surface area contributed by atoms with Gasteiger partial charge in [0.1, 0.15) is 18.1 Å². The molecule has 0 aliphatic rings. The van der Waals surface area contributed by atoms with E-state index >= 15 is 0 Å². The van der Waals surface area contributed by atoms with Crippen LogP contribution in [-0.2, 0) is 0 Å². The molecule has 0 saturated heterocycles. The molecule has 1 N–H and O–H groups in total. The van der Waals surface area contributed by atoms with Crippen molar-refractivity contribution in [1.82, 2.24) is 19.5 Å². The lowest BCUT2D eigenvalue weighted by Gasteiger charge is -2.08. The molecule has 0 radical (unpaired) electrons. The van der Waals surface area contributed by atoms with Crippen molar-refractivity contribution in [2.75, 3.05) is 13.7 Å². The summed E-state index contributed by atoms with van der Waals surface area (Å²) in [6.45, 7) is -1.41. The molecule has 4 rings (SSSR count). The summed E-state index contributed by atoms with van der Waals surface area (Å²) in [5.74, 6) is 0.496. The summed E-state index contributed by atoms with van der Waals surface area (Å²) in [6, 6.07) is 16.6. The quantitative estimate of drug-likeness (QED) is 0.535. The van der Waals surface area contributed by atoms with Crippen LogP contribution in [0.15, 0.2) is 67.0 Å². The van der Waals surface area contributed by atoms with Gasteiger partial charge in [0, 0.05) is 17.9 Å². The molecule has 0 unspecified atom stereocenters. The second-order valence-electron chi connectivity index (χ2n) is 6.58. The number of alkyl halides is 3. The van der Waals surface area contributed by atoms with E-state index in [-0.39, 0.29) is 5.69 Å². The molecule has 30 heavy (non-hydrogen) atoms. The highest BCUT2D eigenvalue weighted by atomic mass is 19.4. The fraction of sp³-hybridized carbons (Fsp3) is 0.143. The number of hydrogen-bond donors (Lipinski definition) is 1. The van der Waals surface area contributed by atoms with Crippen LogP contribution in [0.2, 0.25) is 0 Å². The first-order chi connectivity index (χ1) is 14.3. The zero-order valence-electron chi connectivity index (χ0n) is 15.8. The Morgan fingerprint density at radius 2 is 1.90 bits per heavy atom. The van der Waals surface area contributed by atoms with Gasteiger partial charge in [-0.1, -0.05) is 18.2 Å². The number of carbonyl (C=O) groups is 1. The first kappa shape index (κ1) is 19.6. The summed E-state index contributed by atoms with van der Waals surface area (Å²) in [5.41, 5.74) is 2.70. The van der Waals surface area contributed by atoms with E-state index in [9.17, 15) is 18.0 Å². The Labute approximate surface area is 169 Å². The number of nitrogens with one attached hydrogen (secondary N) is 1. The molecular weight excluding hydrogens is 397 g/mol. The van der Waals surface area contributed by atoms with Gasteiger partial charge in [-0.15, -0.1) is 0 Å². The molecule has 4 aromatic rings. The molecule has 0 atom stereocenters. The van der Waals surface area contributed by atoms with E-state index in [0.29, 0.717) is 5.82 Å². The number of aromatic nitrogens is 3. The number of fused-ring (bicyclic) bond motifs is 1. The van der Waals surface area contributed by atoms with E-state index in [2.05, 4.69) is 5.10 Å². The van der Waals surface area contributed by atoms with Gasteiger partial charge in [0.05, 0.1) is 7.11 Å². The van der Waals surface area contributed by atoms with Crippen LogP contribution in [0.25, 0.3) is 22.5 Å². The molecule has 0 bridgehead atoms. The SMILES string of the molecule is COc1cccc(-c2ccc3ccc(-n4ccc(C(=O)NCC(F)(F)F)n4)n3c2)c1. The molecule has 6 nitrogen and oxygen atoms in total. The van der Waals surface area contributed by atoms with Crippen LogP contribution < -0.4 is 10.1 Å². The molecule has 154 valence electrons. The minimum atomic E-state index is -4.48. The third-order valence-corrected chi connectivity index (χ3v) is 4.54. The van der Waals surface area contributed by atoms with Gasteiger partial charge >= 0.3 is 6.18 Å². The largest absolute Gasteiger partial charge is 0.497 e. The predicted octanol–water partition coefficient (Wildman–Crippen LogP) is 4.09. The second kappa shape index (κ2) is 7.58. The summed E-state index contributed by atoms with van der Waals surface area (Å²) in [5, 5.41) is 5.95. The van der Waals surface area contributed by atoms with E-state index in [1.54, 1.807) is 7.11 Å². The number of nitrogens with zero attached hydrogens (tertiary/aromatic N) is 3. The van der Waals surface area contributed by atoms with Gasteiger partial charge in [-0.25, -0.2) is 4.68 Å². The lowest BCUT2D eigenvalue weighted by molar-refractivity contribution is -0.123. The molecule has 1 aromatic carbocycles. The van der Waals surface area contributed by atoms with Gasteiger partial charge in [-0.05, 0) is 47.5 Å². The third-order valence-electron chi connectivity index (χ3n) is 4.54. The van der Waals surface area contributed by atoms with Gasteiger partial charge < -0.3 is 14.5 Å². The van der Waals surface area contributed by atoms with Crippen LogP contribution in [0.5, 0.6) is 5.75 Å². The minimum absolute atomic E-state index is 0.0989. The highest BCUT2D eigenvalue weighted by molar-refractivity contribution is 5.92. The summed E-state index contributed by atoms with van der Waals surface area (Å²) in [4.78, 5) is 11.9. The summed E-state index contributed by atoms with van der Waals surface area (Å²) in [6.07, 6.45) is -1.03. The van der Waals surface area contributed by atoms with Crippen LogP contribution in [0.3, 0.4) is 0 Å². The van der Waals surface area contributed by atoms with Crippen molar-refractivity contribution in [2.24, 2.45) is 0 Å². The third kappa shape index (κ3) is 4.00. The average molecular weight is 414 g/mol. The van der Waals surface area contributed by atoms with Crippen LogP contribution in [0.1, 0.15) is 10.5 Å². The van der Waals surface area contributed by atoms with Crippen molar-refractivity contribution in [3.8, 4) is 22.7 Å². The monoisotopic (exact) mass is 414 g/mol. The molecule has 3 aromatic heterocycles. The molecule has 0 saturated carbocycles. The van der Waals surface area contributed by atoms with Crippen molar-refractivity contribution < 1.29 is 22.7 Å². The molecule has 0 fully saturated rings. The molecule has 1 amide bonds. The van der Waals surface area contributed by atoms with Gasteiger partial charge in [0.2, 0.25) is 0 Å². The first-order valence-electron chi connectivity index (χ1n) is 9.00. The Hall–Kier alpha value is -3.75. The zero-order chi connectivity index (χ0) is 21.3. The van der Waals surface area contributed by atoms with E-state index in [1.165, 1.54) is 16.9 Å². The molecule has 0 spiro atoms. The number of pyridine rings is 1. The maximum absolute atomic E-state index is 12.3. The normalized spacial score (nSPS) is 11.6. The fourth-order valence-corrected chi connectivity index (χ4v) is 3.09. The minimum Gasteiger partial charge on any atom is -0.497 e. The number of methoxy groups -OCH3 is 1. The van der Waals surface area contributed by atoms with Gasteiger partial charge in [0.15, 0.2) is 5.69 Å². The highest BCUT2D eigenvalue weighted by Gasteiger charge is 2.28. The highest BCUT2D eigenvalue weighted by Crippen LogP contribution is 2.26. The van der Waals surface area contributed by atoms with E-state index in [1.807, 2.05) is 64.4 Å². The Morgan fingerprint density at radius 1 is 1.10 bits per heavy atom.